The lowest BCUT2D eigenvalue weighted by atomic mass is 9.97. The van der Waals surface area contributed by atoms with Gasteiger partial charge in [0.2, 0.25) is 5.91 Å². The molecule has 0 unspecified atom stereocenters. The number of carbonyl (C=O) groups is 2. The molecule has 0 N–H and O–H groups in total. The highest BCUT2D eigenvalue weighted by Crippen LogP contribution is 2.27. The maximum Gasteiger partial charge on any atom is 0.257 e. The van der Waals surface area contributed by atoms with Gasteiger partial charge in [-0.05, 0) is 31.0 Å². The smallest absolute Gasteiger partial charge is 0.257 e. The summed E-state index contributed by atoms with van der Waals surface area (Å²) < 4.78 is 23.6. The fourth-order valence-corrected chi connectivity index (χ4v) is 4.64. The van der Waals surface area contributed by atoms with Crippen LogP contribution in [0.3, 0.4) is 0 Å². The lowest BCUT2D eigenvalue weighted by Gasteiger charge is -2.38. The molecule has 0 aliphatic carbocycles. The van der Waals surface area contributed by atoms with E-state index in [9.17, 15) is 14.9 Å². The summed E-state index contributed by atoms with van der Waals surface area (Å²) in [5.74, 6) is -0.454. The van der Waals surface area contributed by atoms with Gasteiger partial charge < -0.3 is 28.7 Å². The Morgan fingerprint density at radius 3 is 2.44 bits per heavy atom. The molecular formula is C25H35N3O6. The van der Waals surface area contributed by atoms with E-state index < -0.39 is 12.0 Å². The second kappa shape index (κ2) is 11.6. The zero-order chi connectivity index (χ0) is 24.8. The fraction of sp³-hybridized carbons (Fsp3) is 0.640. The minimum absolute atomic E-state index is 0.0443. The zero-order valence-electron chi connectivity index (χ0n) is 20.7. The fourth-order valence-electron chi connectivity index (χ4n) is 4.64. The average molecular weight is 474 g/mol. The van der Waals surface area contributed by atoms with Crippen molar-refractivity contribution < 1.29 is 28.5 Å². The number of hydrogen-bond acceptors (Lipinski definition) is 7. The van der Waals surface area contributed by atoms with Crippen molar-refractivity contribution in [2.24, 2.45) is 5.92 Å². The second-order valence-electron chi connectivity index (χ2n) is 9.08. The molecule has 186 valence electrons. The molecule has 9 heteroatoms. The summed E-state index contributed by atoms with van der Waals surface area (Å²) >= 11 is 0. The number of carbonyl (C=O) groups excluding carboxylic acids is 2. The molecule has 2 amide bonds. The van der Waals surface area contributed by atoms with E-state index in [1.807, 2.05) is 0 Å². The van der Waals surface area contributed by atoms with E-state index >= 15 is 0 Å². The number of benzene rings is 1. The van der Waals surface area contributed by atoms with Crippen molar-refractivity contribution in [2.45, 2.75) is 50.6 Å². The molecule has 2 heterocycles. The summed E-state index contributed by atoms with van der Waals surface area (Å²) in [7, 11) is 6.61. The summed E-state index contributed by atoms with van der Waals surface area (Å²) in [6.07, 6.45) is 1.39. The first-order valence-electron chi connectivity index (χ1n) is 11.7. The maximum absolute atomic E-state index is 13.3. The molecule has 2 aliphatic heterocycles. The lowest BCUT2D eigenvalue weighted by Crippen LogP contribution is -2.50. The summed E-state index contributed by atoms with van der Waals surface area (Å²) in [6.45, 7) is 2.77. The van der Waals surface area contributed by atoms with Gasteiger partial charge in [-0.15, -0.1) is 0 Å². The standard InChI is InChI=1S/C25H35N3O6/c1-16-22(32-5)14-28(3)25(30)19-12-17(13-26)6-8-20(19)33-11-10-18-7-9-21(31-4)23(34-18)15-27(2)24(16)29/h6,8,12,16,18,21-23H,7,9-11,14-15H2,1-5H3/t16-,18+,21+,22-,23-/m1/s1. The normalized spacial score (nSPS) is 29.2. The van der Waals surface area contributed by atoms with Crippen molar-refractivity contribution >= 4 is 11.8 Å². The van der Waals surface area contributed by atoms with Gasteiger partial charge in [-0.25, -0.2) is 0 Å². The van der Waals surface area contributed by atoms with Gasteiger partial charge in [0.05, 0.1) is 48.0 Å². The number of nitrogens with zero attached hydrogens (tertiary/aromatic N) is 3. The van der Waals surface area contributed by atoms with E-state index in [1.165, 1.54) is 18.1 Å². The third kappa shape index (κ3) is 5.87. The maximum atomic E-state index is 13.3. The molecule has 0 spiro atoms. The van der Waals surface area contributed by atoms with E-state index in [0.29, 0.717) is 36.4 Å². The van der Waals surface area contributed by atoms with Crippen molar-refractivity contribution in [1.82, 2.24) is 9.80 Å². The Morgan fingerprint density at radius 1 is 1.03 bits per heavy atom. The van der Waals surface area contributed by atoms with Crippen LogP contribution in [-0.4, -0.2) is 94.0 Å². The summed E-state index contributed by atoms with van der Waals surface area (Å²) in [6, 6.07) is 6.90. The zero-order valence-corrected chi connectivity index (χ0v) is 20.7. The number of fused-ring (bicyclic) bond motifs is 3. The molecule has 2 bridgehead atoms. The largest absolute Gasteiger partial charge is 0.493 e. The number of nitriles is 1. The van der Waals surface area contributed by atoms with Crippen LogP contribution in [0.5, 0.6) is 5.75 Å². The molecule has 0 saturated carbocycles. The molecule has 5 atom stereocenters. The highest BCUT2D eigenvalue weighted by Gasteiger charge is 2.35. The van der Waals surface area contributed by atoms with Crippen LogP contribution in [-0.2, 0) is 19.0 Å². The molecule has 34 heavy (non-hydrogen) atoms. The number of methoxy groups -OCH3 is 2. The van der Waals surface area contributed by atoms with Gasteiger partial charge in [-0.1, -0.05) is 6.92 Å². The van der Waals surface area contributed by atoms with E-state index in [0.717, 1.165) is 12.8 Å². The van der Waals surface area contributed by atoms with Crippen LogP contribution >= 0.6 is 0 Å². The van der Waals surface area contributed by atoms with Crippen LogP contribution in [0.4, 0.5) is 0 Å². The molecule has 1 fully saturated rings. The third-order valence-corrected chi connectivity index (χ3v) is 6.77. The number of ether oxygens (including phenoxy) is 4. The van der Waals surface area contributed by atoms with Crippen LogP contribution in [0.15, 0.2) is 18.2 Å². The predicted octanol–water partition coefficient (Wildman–Crippen LogP) is 2.08. The molecule has 0 radical (unpaired) electrons. The van der Waals surface area contributed by atoms with Crippen LogP contribution in [0, 0.1) is 17.2 Å². The van der Waals surface area contributed by atoms with Crippen LogP contribution in [0.25, 0.3) is 0 Å². The molecular weight excluding hydrogens is 438 g/mol. The van der Waals surface area contributed by atoms with Gasteiger partial charge in [0.15, 0.2) is 0 Å². The van der Waals surface area contributed by atoms with E-state index in [-0.39, 0.29) is 36.7 Å². The van der Waals surface area contributed by atoms with Crippen LogP contribution in [0.2, 0.25) is 0 Å². The third-order valence-electron chi connectivity index (χ3n) is 6.77. The monoisotopic (exact) mass is 473 g/mol. The van der Waals surface area contributed by atoms with E-state index in [4.69, 9.17) is 18.9 Å². The number of likely N-dealkylation sites (N-methyl/N-ethyl adjacent to an activating group) is 2. The minimum Gasteiger partial charge on any atom is -0.493 e. The quantitative estimate of drug-likeness (QED) is 0.648. The van der Waals surface area contributed by atoms with Gasteiger partial charge in [0.1, 0.15) is 11.9 Å². The van der Waals surface area contributed by atoms with Gasteiger partial charge in [0.25, 0.3) is 5.91 Å². The van der Waals surface area contributed by atoms with Gasteiger partial charge in [-0.3, -0.25) is 9.59 Å². The second-order valence-corrected chi connectivity index (χ2v) is 9.08. The Morgan fingerprint density at radius 2 is 1.76 bits per heavy atom. The molecule has 1 saturated heterocycles. The van der Waals surface area contributed by atoms with Crippen molar-refractivity contribution in [3.63, 3.8) is 0 Å². The summed E-state index contributed by atoms with van der Waals surface area (Å²) in [4.78, 5) is 29.7. The Balaban J connectivity index is 1.93. The van der Waals surface area contributed by atoms with Crippen molar-refractivity contribution in [2.75, 3.05) is 48.0 Å². The minimum atomic E-state index is -0.515. The van der Waals surface area contributed by atoms with Crippen molar-refractivity contribution in [3.05, 3.63) is 29.3 Å². The van der Waals surface area contributed by atoms with Crippen molar-refractivity contribution in [3.8, 4) is 11.8 Å². The van der Waals surface area contributed by atoms with Gasteiger partial charge in [-0.2, -0.15) is 5.26 Å². The number of hydrogen-bond donors (Lipinski definition) is 0. The molecule has 1 aromatic rings. The summed E-state index contributed by atoms with van der Waals surface area (Å²) in [5, 5.41) is 9.33. The van der Waals surface area contributed by atoms with Gasteiger partial charge >= 0.3 is 0 Å². The Bertz CT molecular complexity index is 916. The molecule has 1 aromatic carbocycles. The van der Waals surface area contributed by atoms with E-state index in [1.54, 1.807) is 45.2 Å². The molecule has 2 aliphatic rings. The first-order valence-corrected chi connectivity index (χ1v) is 11.7. The molecule has 0 aromatic heterocycles. The first kappa shape index (κ1) is 25.9. The van der Waals surface area contributed by atoms with Crippen LogP contribution < -0.4 is 4.74 Å². The predicted molar refractivity (Wildman–Crippen MR) is 125 cm³/mol. The number of amides is 2. The Kier molecular flexibility index (Phi) is 8.89. The molecule has 3 rings (SSSR count). The highest BCUT2D eigenvalue weighted by molar-refractivity contribution is 5.97. The van der Waals surface area contributed by atoms with Crippen LogP contribution in [0.1, 0.15) is 42.1 Å². The van der Waals surface area contributed by atoms with Gasteiger partial charge in [0, 0.05) is 47.8 Å². The summed E-state index contributed by atoms with van der Waals surface area (Å²) in [5.41, 5.74) is 0.678. The Labute approximate surface area is 201 Å². The van der Waals surface area contributed by atoms with E-state index in [2.05, 4.69) is 6.07 Å². The topological polar surface area (TPSA) is 101 Å². The highest BCUT2D eigenvalue weighted by atomic mass is 16.5. The molecule has 9 nitrogen and oxygen atoms in total. The lowest BCUT2D eigenvalue weighted by molar-refractivity contribution is -0.154. The Hall–Kier alpha value is -2.67. The first-order chi connectivity index (χ1) is 16.3. The average Bonchev–Trinajstić information content (AvgIpc) is 2.85. The van der Waals surface area contributed by atoms with Crippen molar-refractivity contribution in [1.29, 1.82) is 5.26 Å². The SMILES string of the molecule is CO[C@H]1CC[C@H]2CCOc3ccc(C#N)cc3C(=O)N(C)C[C@@H](OC)[C@@H](C)C(=O)N(C)C[C@H]1O2. The number of rotatable bonds is 2.